The van der Waals surface area contributed by atoms with E-state index in [0.717, 1.165) is 55.0 Å². The lowest BCUT2D eigenvalue weighted by molar-refractivity contribution is 0.0783. The first-order valence-electron chi connectivity index (χ1n) is 14.8. The van der Waals surface area contributed by atoms with Crippen molar-refractivity contribution >= 4 is 17.6 Å². The van der Waals surface area contributed by atoms with Crippen LogP contribution in [0.2, 0.25) is 0 Å². The second-order valence-corrected chi connectivity index (χ2v) is 11.6. The molecule has 10 nitrogen and oxygen atoms in total. The molecule has 222 valence electrons. The van der Waals surface area contributed by atoms with E-state index >= 15 is 0 Å². The Morgan fingerprint density at radius 2 is 1.58 bits per heavy atom. The van der Waals surface area contributed by atoms with Crippen molar-refractivity contribution in [1.82, 2.24) is 34.8 Å². The van der Waals surface area contributed by atoms with E-state index < -0.39 is 0 Å². The second kappa shape index (κ2) is 12.4. The Morgan fingerprint density at radius 1 is 0.884 bits per heavy atom. The van der Waals surface area contributed by atoms with Gasteiger partial charge in [0, 0.05) is 88.0 Å². The summed E-state index contributed by atoms with van der Waals surface area (Å²) in [5, 5.41) is 7.22. The van der Waals surface area contributed by atoms with Gasteiger partial charge in [0.05, 0.1) is 11.8 Å². The summed E-state index contributed by atoms with van der Waals surface area (Å²) < 4.78 is 1.69. The van der Waals surface area contributed by atoms with Crippen LogP contribution in [-0.4, -0.2) is 93.6 Å². The molecule has 43 heavy (non-hydrogen) atoms. The molecule has 10 heteroatoms. The Labute approximate surface area is 252 Å². The Bertz CT molecular complexity index is 1590. The van der Waals surface area contributed by atoms with E-state index in [-0.39, 0.29) is 23.7 Å². The average Bonchev–Trinajstić information content (AvgIpc) is 3.68. The van der Waals surface area contributed by atoms with Crippen molar-refractivity contribution < 1.29 is 9.59 Å². The molecule has 2 aliphatic heterocycles. The van der Waals surface area contributed by atoms with Crippen LogP contribution in [0.5, 0.6) is 0 Å². The second-order valence-electron chi connectivity index (χ2n) is 11.6. The number of hydrogen-bond acceptors (Lipinski definition) is 7. The molecule has 4 aromatic rings. The molecular formula is C33H38N8O2. The number of rotatable bonds is 7. The fraction of sp³-hybridized carbons (Fsp3) is 0.333. The smallest absolute Gasteiger partial charge is 0.255 e. The number of hydrogen-bond donors (Lipinski definition) is 2. The molecule has 2 aromatic carbocycles. The highest BCUT2D eigenvalue weighted by atomic mass is 16.2. The van der Waals surface area contributed by atoms with Gasteiger partial charge in [0.1, 0.15) is 5.82 Å². The molecular weight excluding hydrogens is 540 g/mol. The van der Waals surface area contributed by atoms with Gasteiger partial charge >= 0.3 is 0 Å². The summed E-state index contributed by atoms with van der Waals surface area (Å²) in [4.78, 5) is 37.3. The zero-order chi connectivity index (χ0) is 29.9. The molecule has 2 aromatic heterocycles. The number of carbonyl (C=O) groups is 2. The number of nitrogens with zero attached hydrogens (tertiary/aromatic N) is 6. The summed E-state index contributed by atoms with van der Waals surface area (Å²) in [5.41, 5.74) is 12.1. The maximum absolute atomic E-state index is 13.3. The molecule has 0 unspecified atom stereocenters. The highest BCUT2D eigenvalue weighted by molar-refractivity contribution is 6.00. The minimum Gasteiger partial charge on any atom is -0.383 e. The number of aromatic nitrogens is 3. The summed E-state index contributed by atoms with van der Waals surface area (Å²) >= 11 is 0. The van der Waals surface area contributed by atoms with Gasteiger partial charge in [0.25, 0.3) is 11.8 Å². The van der Waals surface area contributed by atoms with Gasteiger partial charge in [-0.1, -0.05) is 36.4 Å². The maximum Gasteiger partial charge on any atom is 0.255 e. The molecule has 2 fully saturated rings. The predicted octanol–water partition coefficient (Wildman–Crippen LogP) is 3.12. The molecule has 0 radical (unpaired) electrons. The summed E-state index contributed by atoms with van der Waals surface area (Å²) in [6.45, 7) is 6.42. The minimum atomic E-state index is -0.297. The SMILES string of the molecule is CN1CCN(Cc2ccc(-c3ccc(C(=O)N4CC[C@@H](NC(=O)c5cc(-c6cnn(C)c6)cnc5N)C4)cc3)cc2)CC1. The van der Waals surface area contributed by atoms with E-state index in [0.29, 0.717) is 30.6 Å². The Balaban J connectivity index is 1.04. The largest absolute Gasteiger partial charge is 0.383 e. The topological polar surface area (TPSA) is 113 Å². The van der Waals surface area contributed by atoms with Crippen molar-refractivity contribution in [3.63, 3.8) is 0 Å². The molecule has 0 bridgehead atoms. The number of pyridine rings is 1. The molecule has 0 aliphatic carbocycles. The van der Waals surface area contributed by atoms with E-state index in [1.165, 1.54) is 5.56 Å². The van der Waals surface area contributed by atoms with Crippen LogP contribution in [0.1, 0.15) is 32.7 Å². The fourth-order valence-corrected chi connectivity index (χ4v) is 5.77. The lowest BCUT2D eigenvalue weighted by Gasteiger charge is -2.32. The van der Waals surface area contributed by atoms with Gasteiger partial charge in [0.2, 0.25) is 0 Å². The first kappa shape index (κ1) is 28.6. The number of anilines is 1. The number of nitrogens with two attached hydrogens (primary N) is 1. The van der Waals surface area contributed by atoms with E-state index in [1.807, 2.05) is 37.5 Å². The van der Waals surface area contributed by atoms with Crippen LogP contribution in [0.25, 0.3) is 22.3 Å². The van der Waals surface area contributed by atoms with Crippen molar-refractivity contribution in [2.24, 2.45) is 7.05 Å². The lowest BCUT2D eigenvalue weighted by atomic mass is 10.0. The number of likely N-dealkylation sites (tertiary alicyclic amines) is 1. The van der Waals surface area contributed by atoms with E-state index in [9.17, 15) is 9.59 Å². The molecule has 1 atom stereocenters. The Hall–Kier alpha value is -4.54. The van der Waals surface area contributed by atoms with Gasteiger partial charge in [0.15, 0.2) is 0 Å². The van der Waals surface area contributed by atoms with Crippen LogP contribution >= 0.6 is 0 Å². The van der Waals surface area contributed by atoms with Crippen LogP contribution in [0.4, 0.5) is 5.82 Å². The number of piperazine rings is 1. The number of nitrogens with one attached hydrogen (secondary N) is 1. The third-order valence-electron chi connectivity index (χ3n) is 8.43. The molecule has 4 heterocycles. The van der Waals surface area contributed by atoms with Crippen LogP contribution in [0.15, 0.2) is 73.2 Å². The number of aryl methyl sites for hydroxylation is 1. The highest BCUT2D eigenvalue weighted by Gasteiger charge is 2.29. The van der Waals surface area contributed by atoms with Crippen molar-refractivity contribution in [3.8, 4) is 22.3 Å². The van der Waals surface area contributed by atoms with Crippen molar-refractivity contribution in [1.29, 1.82) is 0 Å². The number of amides is 2. The highest BCUT2D eigenvalue weighted by Crippen LogP contribution is 2.24. The monoisotopic (exact) mass is 578 g/mol. The van der Waals surface area contributed by atoms with Gasteiger partial charge in [-0.3, -0.25) is 19.2 Å². The molecule has 6 rings (SSSR count). The number of benzene rings is 2. The van der Waals surface area contributed by atoms with Gasteiger partial charge in [-0.05, 0) is 48.4 Å². The van der Waals surface area contributed by atoms with Crippen molar-refractivity contribution in [3.05, 3.63) is 89.9 Å². The predicted molar refractivity (Wildman–Crippen MR) is 167 cm³/mol. The standard InChI is InChI=1S/C33H38N8O2/c1-38-13-15-40(16-14-38)20-23-3-5-24(6-4-23)25-7-9-26(10-8-25)33(43)41-12-11-29(22-41)37-32(42)30-17-27(18-35-31(30)34)28-19-36-39(2)21-28/h3-10,17-19,21,29H,11-16,20,22H2,1-2H3,(H2,34,35)(H,37,42)/t29-/m1/s1. The third kappa shape index (κ3) is 6.60. The molecule has 2 amide bonds. The Kier molecular flexibility index (Phi) is 8.22. The van der Waals surface area contributed by atoms with Gasteiger partial charge in [-0.15, -0.1) is 0 Å². The van der Waals surface area contributed by atoms with Crippen LogP contribution in [0, 0.1) is 0 Å². The summed E-state index contributed by atoms with van der Waals surface area (Å²) in [5.74, 6) is -0.166. The molecule has 2 saturated heterocycles. The molecule has 3 N–H and O–H groups in total. The first-order chi connectivity index (χ1) is 20.8. The van der Waals surface area contributed by atoms with Crippen molar-refractivity contribution in [2.45, 2.75) is 19.0 Å². The summed E-state index contributed by atoms with van der Waals surface area (Å²) in [6.07, 6.45) is 5.88. The van der Waals surface area contributed by atoms with Crippen LogP contribution in [-0.2, 0) is 13.6 Å². The molecule has 0 spiro atoms. The quantitative estimate of drug-likeness (QED) is 0.347. The zero-order valence-electron chi connectivity index (χ0n) is 24.7. The van der Waals surface area contributed by atoms with Crippen LogP contribution in [0.3, 0.4) is 0 Å². The third-order valence-corrected chi connectivity index (χ3v) is 8.43. The first-order valence-corrected chi connectivity index (χ1v) is 14.8. The van der Waals surface area contributed by atoms with Gasteiger partial charge in [-0.25, -0.2) is 4.98 Å². The summed E-state index contributed by atoms with van der Waals surface area (Å²) in [6, 6.07) is 18.1. The number of likely N-dealkylation sites (N-methyl/N-ethyl adjacent to an activating group) is 1. The normalized spacial score (nSPS) is 17.7. The summed E-state index contributed by atoms with van der Waals surface area (Å²) in [7, 11) is 4.01. The number of nitrogen functional groups attached to an aromatic ring is 1. The van der Waals surface area contributed by atoms with Crippen LogP contribution < -0.4 is 11.1 Å². The Morgan fingerprint density at radius 3 is 2.26 bits per heavy atom. The lowest BCUT2D eigenvalue weighted by Crippen LogP contribution is -2.43. The van der Waals surface area contributed by atoms with E-state index in [4.69, 9.17) is 5.73 Å². The van der Waals surface area contributed by atoms with Gasteiger partial charge < -0.3 is 20.9 Å². The van der Waals surface area contributed by atoms with Gasteiger partial charge in [-0.2, -0.15) is 5.10 Å². The van der Waals surface area contributed by atoms with Crippen molar-refractivity contribution in [2.75, 3.05) is 52.0 Å². The average molecular weight is 579 g/mol. The number of carbonyl (C=O) groups excluding carboxylic acids is 2. The molecule has 0 saturated carbocycles. The molecule has 2 aliphatic rings. The minimum absolute atomic E-state index is 0.0365. The zero-order valence-corrected chi connectivity index (χ0v) is 24.7. The fourth-order valence-electron chi connectivity index (χ4n) is 5.77. The van der Waals surface area contributed by atoms with E-state index in [2.05, 4.69) is 56.5 Å². The van der Waals surface area contributed by atoms with E-state index in [1.54, 1.807) is 28.0 Å². The maximum atomic E-state index is 13.3.